The highest BCUT2D eigenvalue weighted by molar-refractivity contribution is 7.92. The summed E-state index contributed by atoms with van der Waals surface area (Å²) in [7, 11) is -1.09. The van der Waals surface area contributed by atoms with Gasteiger partial charge in [-0.15, -0.1) is 0 Å². The molecule has 0 unspecified atom stereocenters. The highest BCUT2D eigenvalue weighted by Gasteiger charge is 2.29. The summed E-state index contributed by atoms with van der Waals surface area (Å²) in [5, 5.41) is 2.81. The van der Waals surface area contributed by atoms with E-state index in [2.05, 4.69) is 5.32 Å². The molecule has 8 heteroatoms. The van der Waals surface area contributed by atoms with Gasteiger partial charge in [-0.05, 0) is 43.2 Å². The van der Waals surface area contributed by atoms with Crippen molar-refractivity contribution in [3.05, 3.63) is 83.9 Å². The summed E-state index contributed by atoms with van der Waals surface area (Å²) in [5.41, 5.74) is 2.26. The van der Waals surface area contributed by atoms with Crippen molar-refractivity contribution in [1.29, 1.82) is 0 Å². The van der Waals surface area contributed by atoms with Gasteiger partial charge in [-0.2, -0.15) is 0 Å². The molecule has 0 spiro atoms. The first-order chi connectivity index (χ1) is 15.8. The van der Waals surface area contributed by atoms with E-state index in [-0.39, 0.29) is 16.3 Å². The molecule has 0 aliphatic heterocycles. The first-order valence-corrected chi connectivity index (χ1v) is 11.9. The number of nitrogens with zero attached hydrogens (tertiary/aromatic N) is 1. The van der Waals surface area contributed by atoms with Gasteiger partial charge < -0.3 is 14.8 Å². The van der Waals surface area contributed by atoms with Crippen molar-refractivity contribution in [3.8, 4) is 11.5 Å². The van der Waals surface area contributed by atoms with Crippen molar-refractivity contribution in [3.63, 3.8) is 0 Å². The van der Waals surface area contributed by atoms with Crippen LogP contribution in [0.1, 0.15) is 11.1 Å². The first-order valence-electron chi connectivity index (χ1n) is 10.5. The number of amides is 1. The number of methoxy groups -OCH3 is 2. The Hall–Kier alpha value is -3.52. The zero-order valence-corrected chi connectivity index (χ0v) is 19.8. The molecule has 3 aromatic rings. The standard InChI is InChI=1S/C25H28N2O5S/c1-19-9-12-22(13-10-19)33(29,30)27(23-14-11-21(31-2)17-24(23)32-3)18-25(28)26-16-15-20-7-5-4-6-8-20/h4-14,17H,15-16,18H2,1-3H3,(H,26,28). The van der Waals surface area contributed by atoms with Crippen LogP contribution in [0.15, 0.2) is 77.7 Å². The maximum Gasteiger partial charge on any atom is 0.264 e. The van der Waals surface area contributed by atoms with Gasteiger partial charge in [0.1, 0.15) is 18.0 Å². The van der Waals surface area contributed by atoms with Gasteiger partial charge in [0.2, 0.25) is 5.91 Å². The van der Waals surface area contributed by atoms with Gasteiger partial charge in [0.15, 0.2) is 0 Å². The van der Waals surface area contributed by atoms with Gasteiger partial charge in [0.05, 0.1) is 24.8 Å². The quantitative estimate of drug-likeness (QED) is 0.492. The van der Waals surface area contributed by atoms with Crippen LogP contribution >= 0.6 is 0 Å². The van der Waals surface area contributed by atoms with Crippen LogP contribution in [0.5, 0.6) is 11.5 Å². The lowest BCUT2D eigenvalue weighted by Crippen LogP contribution is -2.41. The molecule has 1 amide bonds. The number of carbonyl (C=O) groups excluding carboxylic acids is 1. The molecule has 174 valence electrons. The summed E-state index contributed by atoms with van der Waals surface area (Å²) >= 11 is 0. The third kappa shape index (κ3) is 6.04. The molecule has 0 heterocycles. The minimum absolute atomic E-state index is 0.0862. The molecule has 0 fully saturated rings. The van der Waals surface area contributed by atoms with E-state index >= 15 is 0 Å². The second kappa shape index (κ2) is 10.9. The van der Waals surface area contributed by atoms with Crippen LogP contribution in [0.3, 0.4) is 0 Å². The molecule has 0 radical (unpaired) electrons. The van der Waals surface area contributed by atoms with E-state index in [1.165, 1.54) is 26.4 Å². The van der Waals surface area contributed by atoms with Gasteiger partial charge in [-0.3, -0.25) is 9.10 Å². The maximum atomic E-state index is 13.6. The summed E-state index contributed by atoms with van der Waals surface area (Å²) in [6.45, 7) is 1.87. The molecule has 33 heavy (non-hydrogen) atoms. The number of ether oxygens (including phenoxy) is 2. The molecule has 0 aromatic heterocycles. The topological polar surface area (TPSA) is 84.9 Å². The number of benzene rings is 3. The fourth-order valence-electron chi connectivity index (χ4n) is 3.31. The SMILES string of the molecule is COc1ccc(N(CC(=O)NCCc2ccccc2)S(=O)(=O)c2ccc(C)cc2)c(OC)c1. The molecule has 0 saturated heterocycles. The van der Waals surface area contributed by atoms with Gasteiger partial charge in [0.25, 0.3) is 10.0 Å². The fraction of sp³-hybridized carbons (Fsp3) is 0.240. The predicted octanol–water partition coefficient (Wildman–Crippen LogP) is 3.57. The number of hydrogen-bond acceptors (Lipinski definition) is 5. The van der Waals surface area contributed by atoms with E-state index < -0.39 is 22.5 Å². The van der Waals surface area contributed by atoms with E-state index in [1.54, 1.807) is 30.3 Å². The molecule has 0 aliphatic rings. The van der Waals surface area contributed by atoms with Crippen molar-refractivity contribution in [2.75, 3.05) is 31.6 Å². The number of nitrogens with one attached hydrogen (secondary N) is 1. The van der Waals surface area contributed by atoms with Gasteiger partial charge in [0, 0.05) is 12.6 Å². The summed E-state index contributed by atoms with van der Waals surface area (Å²) in [6, 6.07) is 21.0. The highest BCUT2D eigenvalue weighted by Crippen LogP contribution is 2.35. The first kappa shape index (κ1) is 24.1. The lowest BCUT2D eigenvalue weighted by molar-refractivity contribution is -0.119. The molecule has 0 aliphatic carbocycles. The largest absolute Gasteiger partial charge is 0.497 e. The number of sulfonamides is 1. The smallest absolute Gasteiger partial charge is 0.264 e. The van der Waals surface area contributed by atoms with E-state index in [9.17, 15) is 13.2 Å². The minimum atomic E-state index is -4.04. The molecule has 0 atom stereocenters. The van der Waals surface area contributed by atoms with Crippen LogP contribution in [-0.4, -0.2) is 41.6 Å². The van der Waals surface area contributed by atoms with E-state index in [0.29, 0.717) is 18.7 Å². The normalized spacial score (nSPS) is 11.0. The Balaban J connectivity index is 1.88. The van der Waals surface area contributed by atoms with Crippen molar-refractivity contribution in [1.82, 2.24) is 5.32 Å². The Morgan fingerprint density at radius 2 is 1.64 bits per heavy atom. The van der Waals surface area contributed by atoms with Gasteiger partial charge >= 0.3 is 0 Å². The predicted molar refractivity (Wildman–Crippen MR) is 128 cm³/mol. The lowest BCUT2D eigenvalue weighted by Gasteiger charge is -2.26. The zero-order chi connectivity index (χ0) is 23.8. The van der Waals surface area contributed by atoms with Crippen LogP contribution in [0, 0.1) is 6.92 Å². The van der Waals surface area contributed by atoms with Gasteiger partial charge in [-0.25, -0.2) is 8.42 Å². The summed E-state index contributed by atoms with van der Waals surface area (Å²) < 4.78 is 38.8. The van der Waals surface area contributed by atoms with Crippen molar-refractivity contribution in [2.45, 2.75) is 18.2 Å². The van der Waals surface area contributed by atoms with Gasteiger partial charge in [-0.1, -0.05) is 48.0 Å². The third-order valence-corrected chi connectivity index (χ3v) is 6.90. The number of rotatable bonds is 10. The Morgan fingerprint density at radius 3 is 2.27 bits per heavy atom. The van der Waals surface area contributed by atoms with E-state index in [4.69, 9.17) is 9.47 Å². The Bertz CT molecular complexity index is 1180. The van der Waals surface area contributed by atoms with Crippen LogP contribution < -0.4 is 19.1 Å². The number of carbonyl (C=O) groups is 1. The molecule has 0 saturated carbocycles. The number of anilines is 1. The van der Waals surface area contributed by atoms with Crippen molar-refractivity contribution >= 4 is 21.6 Å². The average molecular weight is 469 g/mol. The molecular weight excluding hydrogens is 440 g/mol. The van der Waals surface area contributed by atoms with E-state index in [1.807, 2.05) is 37.3 Å². The monoisotopic (exact) mass is 468 g/mol. The van der Waals surface area contributed by atoms with Crippen LogP contribution in [0.4, 0.5) is 5.69 Å². The third-order valence-electron chi connectivity index (χ3n) is 5.13. The second-order valence-corrected chi connectivity index (χ2v) is 9.31. The maximum absolute atomic E-state index is 13.6. The molecule has 0 bridgehead atoms. The Labute approximate surface area is 195 Å². The molecule has 3 rings (SSSR count). The number of aryl methyl sites for hydroxylation is 1. The van der Waals surface area contributed by atoms with Crippen molar-refractivity contribution in [2.24, 2.45) is 0 Å². The molecule has 3 aromatic carbocycles. The van der Waals surface area contributed by atoms with Crippen molar-refractivity contribution < 1.29 is 22.7 Å². The zero-order valence-electron chi connectivity index (χ0n) is 18.9. The summed E-state index contributed by atoms with van der Waals surface area (Å²) in [5.74, 6) is 0.372. The minimum Gasteiger partial charge on any atom is -0.497 e. The Morgan fingerprint density at radius 1 is 0.939 bits per heavy atom. The van der Waals surface area contributed by atoms with Crippen LogP contribution in [-0.2, 0) is 21.2 Å². The fourth-order valence-corrected chi connectivity index (χ4v) is 4.74. The van der Waals surface area contributed by atoms with Crippen LogP contribution in [0.25, 0.3) is 0 Å². The summed E-state index contributed by atoms with van der Waals surface area (Å²) in [6.07, 6.45) is 0.642. The Kier molecular flexibility index (Phi) is 7.95. The molecule has 1 N–H and O–H groups in total. The van der Waals surface area contributed by atoms with Crippen LogP contribution in [0.2, 0.25) is 0 Å². The second-order valence-electron chi connectivity index (χ2n) is 7.45. The lowest BCUT2D eigenvalue weighted by atomic mass is 10.1. The summed E-state index contributed by atoms with van der Waals surface area (Å²) in [4.78, 5) is 12.9. The number of hydrogen-bond donors (Lipinski definition) is 1. The molecular formula is C25H28N2O5S. The van der Waals surface area contributed by atoms with E-state index in [0.717, 1.165) is 15.4 Å². The highest BCUT2D eigenvalue weighted by atomic mass is 32.2. The molecule has 7 nitrogen and oxygen atoms in total. The average Bonchev–Trinajstić information content (AvgIpc) is 2.83.